The van der Waals surface area contributed by atoms with Crippen molar-refractivity contribution in [3.05, 3.63) is 23.3 Å². The smallest absolute Gasteiger partial charge is 0.0185 e. The number of rotatable bonds is 1. The molecule has 0 saturated heterocycles. The average Bonchev–Trinajstić information content (AvgIpc) is 3.16. The van der Waals surface area contributed by atoms with Gasteiger partial charge in [-0.2, -0.15) is 0 Å². The van der Waals surface area contributed by atoms with Gasteiger partial charge in [0.15, 0.2) is 0 Å². The van der Waals surface area contributed by atoms with E-state index in [1.807, 2.05) is 0 Å². The van der Waals surface area contributed by atoms with E-state index < -0.39 is 0 Å². The van der Waals surface area contributed by atoms with Crippen molar-refractivity contribution in [2.24, 2.45) is 58.0 Å². The van der Waals surface area contributed by atoms with Gasteiger partial charge in [-0.25, -0.2) is 0 Å². The van der Waals surface area contributed by atoms with Gasteiger partial charge in [0.25, 0.3) is 0 Å². The predicted octanol–water partition coefficient (Wildman–Crippen LogP) is 8.06. The molecule has 1 heteroatoms. The summed E-state index contributed by atoms with van der Waals surface area (Å²) in [4.78, 5) is 0. The summed E-state index contributed by atoms with van der Waals surface area (Å²) in [5.41, 5.74) is 11.5. The van der Waals surface area contributed by atoms with Crippen LogP contribution in [0.25, 0.3) is 0 Å². The van der Waals surface area contributed by atoms with E-state index >= 15 is 0 Å². The maximum atomic E-state index is 6.99. The summed E-state index contributed by atoms with van der Waals surface area (Å²) in [6.07, 6.45) is 23.5. The average molecular weight is 436 g/mol. The third-order valence-electron chi connectivity index (χ3n) is 12.5. The second-order valence-corrected chi connectivity index (χ2v) is 14.2. The summed E-state index contributed by atoms with van der Waals surface area (Å²) in [5.74, 6) is 6.47. The van der Waals surface area contributed by atoms with Crippen LogP contribution in [0.3, 0.4) is 0 Å². The minimum absolute atomic E-state index is 0.213. The Hall–Kier alpha value is -0.560. The highest BCUT2D eigenvalue weighted by Gasteiger charge is 2.61. The van der Waals surface area contributed by atoms with Crippen molar-refractivity contribution in [3.63, 3.8) is 0 Å². The number of hydrogen-bond donors (Lipinski definition) is 1. The lowest BCUT2D eigenvalue weighted by atomic mass is 9.41. The fourth-order valence-electron chi connectivity index (χ4n) is 11.0. The van der Waals surface area contributed by atoms with E-state index in [2.05, 4.69) is 39.8 Å². The zero-order valence-electron chi connectivity index (χ0n) is 21.5. The molecule has 0 spiro atoms. The third-order valence-corrected chi connectivity index (χ3v) is 12.5. The molecule has 0 radical (unpaired) electrons. The molecule has 0 amide bonds. The lowest BCUT2D eigenvalue weighted by Gasteiger charge is -2.64. The Bertz CT molecular complexity index is 818. The number of allylic oxidation sites excluding steroid dienone is 4. The molecule has 32 heavy (non-hydrogen) atoms. The van der Waals surface area contributed by atoms with Gasteiger partial charge in [-0.05, 0) is 140 Å². The van der Waals surface area contributed by atoms with Crippen molar-refractivity contribution in [1.82, 2.24) is 0 Å². The molecule has 0 aromatic rings. The molecule has 0 aromatic carbocycles. The largest absolute Gasteiger partial charge is 0.325 e. The molecule has 1 nitrogen and oxygen atoms in total. The molecule has 2 N–H and O–H groups in total. The van der Waals surface area contributed by atoms with Crippen molar-refractivity contribution in [1.29, 1.82) is 0 Å². The first kappa shape index (κ1) is 21.9. The topological polar surface area (TPSA) is 26.0 Å². The van der Waals surface area contributed by atoms with Crippen molar-refractivity contribution in [2.45, 2.75) is 117 Å². The summed E-state index contributed by atoms with van der Waals surface area (Å²) in [6, 6.07) is 0. The third kappa shape index (κ3) is 3.04. The van der Waals surface area contributed by atoms with E-state index in [0.717, 1.165) is 41.4 Å². The number of hydrogen-bond acceptors (Lipinski definition) is 1. The van der Waals surface area contributed by atoms with Gasteiger partial charge < -0.3 is 5.73 Å². The molecule has 6 aliphatic carbocycles. The Labute approximate surface area is 198 Å². The first-order chi connectivity index (χ1) is 15.2. The lowest BCUT2D eigenvalue weighted by molar-refractivity contribution is -0.124. The van der Waals surface area contributed by atoms with Crippen molar-refractivity contribution < 1.29 is 0 Å². The fraction of sp³-hybridized carbons (Fsp3) is 0.871. The molecule has 0 aromatic heterocycles. The molecular weight excluding hydrogens is 386 g/mol. The van der Waals surface area contributed by atoms with Gasteiger partial charge in [0.05, 0.1) is 0 Å². The van der Waals surface area contributed by atoms with Crippen LogP contribution in [-0.4, -0.2) is 5.54 Å². The van der Waals surface area contributed by atoms with Gasteiger partial charge in [0.2, 0.25) is 0 Å². The van der Waals surface area contributed by atoms with Crippen molar-refractivity contribution in [3.8, 4) is 0 Å². The van der Waals surface area contributed by atoms with Gasteiger partial charge in [-0.15, -0.1) is 0 Å². The van der Waals surface area contributed by atoms with Crippen LogP contribution < -0.4 is 5.73 Å². The van der Waals surface area contributed by atoms with E-state index in [9.17, 15) is 0 Å². The SMILES string of the molecule is CC1CC=C(C2=CCC3(C)C4CCC5C(CCC6(N)CCCC56)C4CCC3C2(C)C)CC1. The summed E-state index contributed by atoms with van der Waals surface area (Å²) in [5, 5.41) is 0. The van der Waals surface area contributed by atoms with E-state index in [1.165, 1.54) is 83.5 Å². The maximum absolute atomic E-state index is 6.99. The number of nitrogens with two attached hydrogens (primary N) is 1. The van der Waals surface area contributed by atoms with Crippen LogP contribution >= 0.6 is 0 Å². The van der Waals surface area contributed by atoms with E-state index in [0.29, 0.717) is 10.8 Å². The van der Waals surface area contributed by atoms with Gasteiger partial charge in [0, 0.05) is 5.54 Å². The second kappa shape index (κ2) is 7.47. The first-order valence-electron chi connectivity index (χ1n) is 14.4. The molecule has 0 heterocycles. The Morgan fingerprint density at radius 2 is 1.59 bits per heavy atom. The van der Waals surface area contributed by atoms with E-state index in [4.69, 9.17) is 5.73 Å². The monoisotopic (exact) mass is 435 g/mol. The molecular formula is C31H49N. The maximum Gasteiger partial charge on any atom is 0.0185 e. The Morgan fingerprint density at radius 3 is 2.38 bits per heavy atom. The van der Waals surface area contributed by atoms with E-state index in [-0.39, 0.29) is 5.54 Å². The van der Waals surface area contributed by atoms with E-state index in [1.54, 1.807) is 11.1 Å². The normalized spacial score (nSPS) is 52.1. The minimum Gasteiger partial charge on any atom is -0.325 e. The quantitative estimate of drug-likeness (QED) is 0.443. The Kier molecular flexibility index (Phi) is 5.12. The molecule has 4 saturated carbocycles. The zero-order chi connectivity index (χ0) is 22.3. The van der Waals surface area contributed by atoms with Crippen molar-refractivity contribution >= 4 is 0 Å². The molecule has 6 aliphatic rings. The molecule has 0 aliphatic heterocycles. The van der Waals surface area contributed by atoms with Crippen LogP contribution in [0.1, 0.15) is 111 Å². The summed E-state index contributed by atoms with van der Waals surface area (Å²) in [7, 11) is 0. The fourth-order valence-corrected chi connectivity index (χ4v) is 11.0. The molecule has 6 rings (SSSR count). The minimum atomic E-state index is 0.213. The van der Waals surface area contributed by atoms with Gasteiger partial charge >= 0.3 is 0 Å². The van der Waals surface area contributed by atoms with Crippen LogP contribution in [-0.2, 0) is 0 Å². The van der Waals surface area contributed by atoms with Crippen LogP contribution in [0, 0.1) is 52.3 Å². The molecule has 178 valence electrons. The molecule has 0 bridgehead atoms. The second-order valence-electron chi connectivity index (χ2n) is 14.2. The summed E-state index contributed by atoms with van der Waals surface area (Å²) < 4.78 is 0. The highest BCUT2D eigenvalue weighted by molar-refractivity contribution is 5.40. The van der Waals surface area contributed by atoms with Gasteiger partial charge in [-0.1, -0.05) is 46.3 Å². The van der Waals surface area contributed by atoms with Crippen LogP contribution in [0.4, 0.5) is 0 Å². The molecule has 4 fully saturated rings. The lowest BCUT2D eigenvalue weighted by Crippen LogP contribution is -2.59. The summed E-state index contributed by atoms with van der Waals surface area (Å²) >= 11 is 0. The highest BCUT2D eigenvalue weighted by atomic mass is 14.8. The van der Waals surface area contributed by atoms with Gasteiger partial charge in [-0.3, -0.25) is 0 Å². The predicted molar refractivity (Wildman–Crippen MR) is 135 cm³/mol. The Morgan fingerprint density at radius 1 is 0.812 bits per heavy atom. The van der Waals surface area contributed by atoms with Crippen LogP contribution in [0.5, 0.6) is 0 Å². The highest BCUT2D eigenvalue weighted by Crippen LogP contribution is 2.68. The zero-order valence-corrected chi connectivity index (χ0v) is 21.5. The van der Waals surface area contributed by atoms with Crippen LogP contribution in [0.15, 0.2) is 23.3 Å². The standard InChI is InChI=1S/C31H49N/c1-20-7-9-21(10-8-20)25-16-18-30(4)26-13-11-24-22(15-19-31(32)17-5-6-27(24)31)23(26)12-14-28(30)29(25,2)3/h9,16,20,22-24,26-28H,5-8,10-15,17-19,32H2,1-4H3. The molecule has 9 atom stereocenters. The summed E-state index contributed by atoms with van der Waals surface area (Å²) in [6.45, 7) is 10.4. The first-order valence-corrected chi connectivity index (χ1v) is 14.4. The van der Waals surface area contributed by atoms with Crippen LogP contribution in [0.2, 0.25) is 0 Å². The Balaban J connectivity index is 1.28. The van der Waals surface area contributed by atoms with Crippen molar-refractivity contribution in [2.75, 3.05) is 0 Å². The van der Waals surface area contributed by atoms with Gasteiger partial charge in [0.1, 0.15) is 0 Å². The molecule has 9 unspecified atom stereocenters. The number of fused-ring (bicyclic) bond motifs is 7.